The fraction of sp³-hybridized carbons (Fsp3) is 0.250. The zero-order valence-electron chi connectivity index (χ0n) is 14.2. The van der Waals surface area contributed by atoms with Crippen LogP contribution in [0.5, 0.6) is 0 Å². The average molecular weight is 340 g/mol. The number of fused-ring (bicyclic) bond motifs is 1. The lowest BCUT2D eigenvalue weighted by Crippen LogP contribution is -2.26. The lowest BCUT2D eigenvalue weighted by atomic mass is 10.1. The number of pyridine rings is 1. The number of hydrogen-bond donors (Lipinski definition) is 0. The zero-order valence-corrected chi connectivity index (χ0v) is 15.0. The van der Waals surface area contributed by atoms with Gasteiger partial charge in [0.2, 0.25) is 0 Å². The Bertz CT molecular complexity index is 831. The minimum absolute atomic E-state index is 0.220. The van der Waals surface area contributed by atoms with Crippen molar-refractivity contribution in [2.75, 3.05) is 19.8 Å². The number of nitrogens with zero attached hydrogens (tertiary/aromatic N) is 2. The molecule has 124 valence electrons. The predicted molar refractivity (Wildman–Crippen MR) is 101 cm³/mol. The molecule has 0 radical (unpaired) electrons. The Morgan fingerprint density at radius 2 is 1.79 bits per heavy atom. The standard InChI is InChI=1S/C20H21FN2S/c1-14(23(2)3)13-24-20-18(15-8-10-17(21)11-9-15)12-16-6-4-5-7-19(16)22-20/h4-12,14H,13H2,1-3H3. The molecule has 1 aromatic heterocycles. The summed E-state index contributed by atoms with van der Waals surface area (Å²) in [5.74, 6) is 0.731. The molecule has 1 atom stereocenters. The third-order valence-corrected chi connectivity index (χ3v) is 5.42. The van der Waals surface area contributed by atoms with E-state index in [4.69, 9.17) is 4.98 Å². The van der Waals surface area contributed by atoms with Gasteiger partial charge in [-0.1, -0.05) is 30.3 Å². The Labute approximate surface area is 146 Å². The summed E-state index contributed by atoms with van der Waals surface area (Å²) in [6.45, 7) is 2.20. The number of thioether (sulfide) groups is 1. The summed E-state index contributed by atoms with van der Waals surface area (Å²) in [6.07, 6.45) is 0. The molecule has 0 fully saturated rings. The van der Waals surface area contributed by atoms with Crippen LogP contribution in [0.15, 0.2) is 59.6 Å². The molecule has 1 heterocycles. The molecule has 0 aliphatic carbocycles. The predicted octanol–water partition coefficient (Wildman–Crippen LogP) is 5.08. The maximum Gasteiger partial charge on any atom is 0.123 e. The highest BCUT2D eigenvalue weighted by Gasteiger charge is 2.12. The molecule has 2 nitrogen and oxygen atoms in total. The molecular formula is C20H21FN2S. The van der Waals surface area contributed by atoms with E-state index < -0.39 is 0 Å². The van der Waals surface area contributed by atoms with E-state index in [1.165, 1.54) is 12.1 Å². The normalized spacial score (nSPS) is 12.7. The quantitative estimate of drug-likeness (QED) is 0.602. The molecule has 0 aliphatic heterocycles. The molecule has 2 aromatic carbocycles. The molecular weight excluding hydrogens is 319 g/mol. The van der Waals surface area contributed by atoms with Crippen molar-refractivity contribution in [3.05, 3.63) is 60.4 Å². The number of para-hydroxylation sites is 1. The van der Waals surface area contributed by atoms with Crippen LogP contribution in [0.2, 0.25) is 0 Å². The van der Waals surface area contributed by atoms with Crippen molar-refractivity contribution in [3.8, 4) is 11.1 Å². The van der Waals surface area contributed by atoms with Crippen molar-refractivity contribution in [2.45, 2.75) is 18.0 Å². The van der Waals surface area contributed by atoms with Gasteiger partial charge < -0.3 is 4.90 Å². The summed E-state index contributed by atoms with van der Waals surface area (Å²) in [5, 5.41) is 2.09. The third kappa shape index (κ3) is 3.77. The molecule has 4 heteroatoms. The lowest BCUT2D eigenvalue weighted by Gasteiger charge is -2.19. The number of aromatic nitrogens is 1. The SMILES string of the molecule is CC(CSc1nc2ccccc2cc1-c1ccc(F)cc1)N(C)C. The highest BCUT2D eigenvalue weighted by Crippen LogP contribution is 2.33. The largest absolute Gasteiger partial charge is 0.306 e. The summed E-state index contributed by atoms with van der Waals surface area (Å²) in [7, 11) is 4.17. The smallest absolute Gasteiger partial charge is 0.123 e. The number of hydrogen-bond acceptors (Lipinski definition) is 3. The van der Waals surface area contributed by atoms with Gasteiger partial charge in [0, 0.05) is 22.7 Å². The van der Waals surface area contributed by atoms with Crippen molar-refractivity contribution in [3.63, 3.8) is 0 Å². The maximum atomic E-state index is 13.3. The zero-order chi connectivity index (χ0) is 17.1. The fourth-order valence-corrected chi connectivity index (χ4v) is 3.59. The molecule has 3 aromatic rings. The highest BCUT2D eigenvalue weighted by atomic mass is 32.2. The molecule has 0 N–H and O–H groups in total. The Kier molecular flexibility index (Phi) is 5.17. The molecule has 0 aliphatic rings. The summed E-state index contributed by atoms with van der Waals surface area (Å²) in [4.78, 5) is 7.06. The van der Waals surface area contributed by atoms with Crippen molar-refractivity contribution in [1.82, 2.24) is 9.88 Å². The van der Waals surface area contributed by atoms with E-state index in [1.807, 2.05) is 30.3 Å². The first-order valence-corrected chi connectivity index (χ1v) is 8.98. The van der Waals surface area contributed by atoms with Crippen LogP contribution in [-0.4, -0.2) is 35.8 Å². The molecule has 1 unspecified atom stereocenters. The second-order valence-corrected chi connectivity index (χ2v) is 7.17. The Hall–Kier alpha value is -1.91. The van der Waals surface area contributed by atoms with E-state index in [0.717, 1.165) is 32.8 Å². The first-order chi connectivity index (χ1) is 11.5. The average Bonchev–Trinajstić information content (AvgIpc) is 2.59. The number of halogens is 1. The molecule has 0 amide bonds. The van der Waals surface area contributed by atoms with Gasteiger partial charge in [-0.05, 0) is 50.8 Å². The van der Waals surface area contributed by atoms with E-state index in [1.54, 1.807) is 11.8 Å². The fourth-order valence-electron chi connectivity index (χ4n) is 2.39. The Morgan fingerprint density at radius 3 is 2.50 bits per heavy atom. The summed E-state index contributed by atoms with van der Waals surface area (Å²) < 4.78 is 13.3. The van der Waals surface area contributed by atoms with Gasteiger partial charge in [0.05, 0.1) is 5.52 Å². The van der Waals surface area contributed by atoms with E-state index in [9.17, 15) is 4.39 Å². The van der Waals surface area contributed by atoms with Crippen molar-refractivity contribution >= 4 is 22.7 Å². The van der Waals surface area contributed by atoms with Gasteiger partial charge >= 0.3 is 0 Å². The van der Waals surface area contributed by atoms with E-state index in [2.05, 4.69) is 38.1 Å². The topological polar surface area (TPSA) is 16.1 Å². The van der Waals surface area contributed by atoms with E-state index >= 15 is 0 Å². The molecule has 0 spiro atoms. The Balaban J connectivity index is 2.03. The van der Waals surface area contributed by atoms with Crippen LogP contribution >= 0.6 is 11.8 Å². The minimum Gasteiger partial charge on any atom is -0.306 e. The van der Waals surface area contributed by atoms with Gasteiger partial charge in [0.15, 0.2) is 0 Å². The monoisotopic (exact) mass is 340 g/mol. The number of rotatable bonds is 5. The van der Waals surface area contributed by atoms with Gasteiger partial charge in [0.1, 0.15) is 10.8 Å². The van der Waals surface area contributed by atoms with Gasteiger partial charge in [-0.3, -0.25) is 0 Å². The van der Waals surface area contributed by atoms with E-state index in [-0.39, 0.29) is 5.82 Å². The summed E-state index contributed by atoms with van der Waals surface area (Å²) >= 11 is 1.75. The molecule has 0 saturated heterocycles. The van der Waals surface area contributed by atoms with Crippen molar-refractivity contribution in [1.29, 1.82) is 0 Å². The van der Waals surface area contributed by atoms with Crippen LogP contribution in [-0.2, 0) is 0 Å². The van der Waals surface area contributed by atoms with Gasteiger partial charge in [-0.25, -0.2) is 9.37 Å². The lowest BCUT2D eigenvalue weighted by molar-refractivity contribution is 0.340. The summed E-state index contributed by atoms with van der Waals surface area (Å²) in [6, 6.07) is 17.4. The first kappa shape index (κ1) is 16.9. The van der Waals surface area contributed by atoms with E-state index in [0.29, 0.717) is 6.04 Å². The number of benzene rings is 2. The van der Waals surface area contributed by atoms with Gasteiger partial charge in [-0.15, -0.1) is 11.8 Å². The van der Waals surface area contributed by atoms with Crippen LogP contribution in [0.4, 0.5) is 4.39 Å². The molecule has 0 saturated carbocycles. The third-order valence-electron chi connectivity index (χ3n) is 4.19. The highest BCUT2D eigenvalue weighted by molar-refractivity contribution is 7.99. The molecule has 0 bridgehead atoms. The minimum atomic E-state index is -0.220. The van der Waals surface area contributed by atoms with Crippen molar-refractivity contribution in [2.24, 2.45) is 0 Å². The van der Waals surface area contributed by atoms with Gasteiger partial charge in [-0.2, -0.15) is 0 Å². The van der Waals surface area contributed by atoms with Crippen LogP contribution < -0.4 is 0 Å². The Morgan fingerprint density at radius 1 is 1.08 bits per heavy atom. The van der Waals surface area contributed by atoms with Crippen LogP contribution in [0.3, 0.4) is 0 Å². The maximum absolute atomic E-state index is 13.3. The first-order valence-electron chi connectivity index (χ1n) is 7.99. The molecule has 3 rings (SSSR count). The van der Waals surface area contributed by atoms with Crippen LogP contribution in [0.25, 0.3) is 22.0 Å². The summed E-state index contributed by atoms with van der Waals surface area (Å²) in [5.41, 5.74) is 3.04. The molecule has 24 heavy (non-hydrogen) atoms. The second kappa shape index (κ2) is 7.32. The van der Waals surface area contributed by atoms with Crippen LogP contribution in [0.1, 0.15) is 6.92 Å². The van der Waals surface area contributed by atoms with Crippen LogP contribution in [0, 0.1) is 5.82 Å². The van der Waals surface area contributed by atoms with Gasteiger partial charge in [0.25, 0.3) is 0 Å². The van der Waals surface area contributed by atoms with Crippen molar-refractivity contribution < 1.29 is 4.39 Å². The second-order valence-electron chi connectivity index (χ2n) is 6.16.